The molecule has 2 fully saturated rings. The molecule has 2 aliphatic carbocycles. The van der Waals surface area contributed by atoms with E-state index in [1.807, 2.05) is 0 Å². The second-order valence-corrected chi connectivity index (χ2v) is 7.09. The SMILES string of the molecule is CCC1CCC(C(N)C2(c3ccccc3)CCC2)CC1. The molecule has 3 rings (SSSR count). The van der Waals surface area contributed by atoms with Gasteiger partial charge in [-0.1, -0.05) is 62.9 Å². The van der Waals surface area contributed by atoms with Crippen molar-refractivity contribution in [3.8, 4) is 0 Å². The average molecular weight is 271 g/mol. The van der Waals surface area contributed by atoms with Gasteiger partial charge in [-0.3, -0.25) is 0 Å². The highest BCUT2D eigenvalue weighted by Gasteiger charge is 2.46. The smallest absolute Gasteiger partial charge is 0.0165 e. The van der Waals surface area contributed by atoms with E-state index in [9.17, 15) is 0 Å². The Bertz CT molecular complexity index is 413. The Morgan fingerprint density at radius 2 is 1.75 bits per heavy atom. The fourth-order valence-corrected chi connectivity index (χ4v) is 4.55. The van der Waals surface area contributed by atoms with Crippen LogP contribution in [0.5, 0.6) is 0 Å². The molecule has 1 atom stereocenters. The molecule has 2 saturated carbocycles. The minimum atomic E-state index is 0.297. The number of hydrogen-bond donors (Lipinski definition) is 1. The first-order valence-corrected chi connectivity index (χ1v) is 8.57. The summed E-state index contributed by atoms with van der Waals surface area (Å²) < 4.78 is 0. The lowest BCUT2D eigenvalue weighted by Crippen LogP contribution is -2.54. The Morgan fingerprint density at radius 1 is 1.10 bits per heavy atom. The van der Waals surface area contributed by atoms with Gasteiger partial charge in [-0.2, -0.15) is 0 Å². The second kappa shape index (κ2) is 5.89. The number of rotatable bonds is 4. The maximum absolute atomic E-state index is 6.81. The molecule has 1 unspecified atom stereocenters. The van der Waals surface area contributed by atoms with Crippen LogP contribution in [-0.2, 0) is 5.41 Å². The topological polar surface area (TPSA) is 26.0 Å². The molecular weight excluding hydrogens is 242 g/mol. The van der Waals surface area contributed by atoms with E-state index >= 15 is 0 Å². The Hall–Kier alpha value is -0.820. The van der Waals surface area contributed by atoms with E-state index in [4.69, 9.17) is 5.73 Å². The van der Waals surface area contributed by atoms with Crippen molar-refractivity contribution in [1.82, 2.24) is 0 Å². The lowest BCUT2D eigenvalue weighted by Gasteiger charge is -2.50. The zero-order chi connectivity index (χ0) is 14.0. The molecule has 0 aromatic heterocycles. The highest BCUT2D eigenvalue weighted by molar-refractivity contribution is 5.30. The van der Waals surface area contributed by atoms with Gasteiger partial charge in [0.1, 0.15) is 0 Å². The Morgan fingerprint density at radius 3 is 2.25 bits per heavy atom. The van der Waals surface area contributed by atoms with Crippen molar-refractivity contribution in [2.45, 2.75) is 69.7 Å². The Kier molecular flexibility index (Phi) is 4.16. The average Bonchev–Trinajstić information content (AvgIpc) is 2.47. The molecule has 0 saturated heterocycles. The molecule has 1 nitrogen and oxygen atoms in total. The van der Waals surface area contributed by atoms with Crippen LogP contribution in [0.2, 0.25) is 0 Å². The minimum Gasteiger partial charge on any atom is -0.327 e. The first-order chi connectivity index (χ1) is 9.76. The molecule has 0 heterocycles. The fourth-order valence-electron chi connectivity index (χ4n) is 4.55. The van der Waals surface area contributed by atoms with Crippen LogP contribution in [0.4, 0.5) is 0 Å². The van der Waals surface area contributed by atoms with Crippen molar-refractivity contribution in [2.75, 3.05) is 0 Å². The van der Waals surface area contributed by atoms with Crippen molar-refractivity contribution >= 4 is 0 Å². The maximum Gasteiger partial charge on any atom is 0.0165 e. The molecule has 1 aromatic carbocycles. The third kappa shape index (κ3) is 2.41. The van der Waals surface area contributed by atoms with E-state index in [1.165, 1.54) is 56.9 Å². The quantitative estimate of drug-likeness (QED) is 0.847. The Balaban J connectivity index is 1.73. The summed E-state index contributed by atoms with van der Waals surface area (Å²) in [6.07, 6.45) is 10.8. The van der Waals surface area contributed by atoms with Gasteiger partial charge in [0.15, 0.2) is 0 Å². The lowest BCUT2D eigenvalue weighted by molar-refractivity contribution is 0.119. The lowest BCUT2D eigenvalue weighted by atomic mass is 9.56. The molecule has 0 amide bonds. The first-order valence-electron chi connectivity index (χ1n) is 8.57. The molecule has 2 N–H and O–H groups in total. The van der Waals surface area contributed by atoms with Gasteiger partial charge in [0.2, 0.25) is 0 Å². The van der Waals surface area contributed by atoms with Crippen molar-refractivity contribution in [3.05, 3.63) is 35.9 Å². The van der Waals surface area contributed by atoms with Crippen LogP contribution in [0.1, 0.15) is 63.9 Å². The van der Waals surface area contributed by atoms with Crippen molar-refractivity contribution < 1.29 is 0 Å². The van der Waals surface area contributed by atoms with Gasteiger partial charge >= 0.3 is 0 Å². The molecular formula is C19H29N. The zero-order valence-corrected chi connectivity index (χ0v) is 12.9. The van der Waals surface area contributed by atoms with E-state index < -0.39 is 0 Å². The van der Waals surface area contributed by atoms with Gasteiger partial charge in [-0.05, 0) is 43.1 Å². The van der Waals surface area contributed by atoms with E-state index in [0.29, 0.717) is 11.5 Å². The van der Waals surface area contributed by atoms with Crippen molar-refractivity contribution in [2.24, 2.45) is 17.6 Å². The second-order valence-electron chi connectivity index (χ2n) is 7.09. The van der Waals surface area contributed by atoms with E-state index in [1.54, 1.807) is 0 Å². The van der Waals surface area contributed by atoms with Gasteiger partial charge in [0.05, 0.1) is 0 Å². The van der Waals surface area contributed by atoms with Gasteiger partial charge in [0.25, 0.3) is 0 Å². The molecule has 0 radical (unpaired) electrons. The monoisotopic (exact) mass is 271 g/mol. The molecule has 0 spiro atoms. The van der Waals surface area contributed by atoms with Gasteiger partial charge in [0, 0.05) is 11.5 Å². The van der Waals surface area contributed by atoms with E-state index in [-0.39, 0.29) is 0 Å². The Labute approximate surface area is 124 Å². The van der Waals surface area contributed by atoms with Gasteiger partial charge in [-0.15, -0.1) is 0 Å². The van der Waals surface area contributed by atoms with Crippen LogP contribution < -0.4 is 5.73 Å². The van der Waals surface area contributed by atoms with E-state index in [2.05, 4.69) is 37.3 Å². The molecule has 110 valence electrons. The van der Waals surface area contributed by atoms with Crippen LogP contribution >= 0.6 is 0 Å². The summed E-state index contributed by atoms with van der Waals surface area (Å²) >= 11 is 0. The van der Waals surface area contributed by atoms with Crippen LogP contribution in [0.3, 0.4) is 0 Å². The third-order valence-electron chi connectivity index (χ3n) is 6.21. The number of nitrogens with two attached hydrogens (primary N) is 1. The molecule has 2 aliphatic rings. The third-order valence-corrected chi connectivity index (χ3v) is 6.21. The summed E-state index contributed by atoms with van der Waals surface area (Å²) in [5.74, 6) is 1.71. The van der Waals surface area contributed by atoms with E-state index in [0.717, 1.165) is 11.8 Å². The molecule has 0 bridgehead atoms. The predicted molar refractivity (Wildman–Crippen MR) is 85.7 cm³/mol. The predicted octanol–water partition coefficient (Wildman–Crippen LogP) is 4.65. The van der Waals surface area contributed by atoms with Crippen molar-refractivity contribution in [3.63, 3.8) is 0 Å². The molecule has 20 heavy (non-hydrogen) atoms. The summed E-state index contributed by atoms with van der Waals surface area (Å²) in [5, 5.41) is 0. The summed E-state index contributed by atoms with van der Waals surface area (Å²) in [7, 11) is 0. The normalized spacial score (nSPS) is 30.5. The first kappa shape index (κ1) is 14.1. The van der Waals surface area contributed by atoms with Crippen LogP contribution in [0, 0.1) is 11.8 Å². The van der Waals surface area contributed by atoms with Gasteiger partial charge < -0.3 is 5.73 Å². The highest BCUT2D eigenvalue weighted by Crippen LogP contribution is 2.49. The zero-order valence-electron chi connectivity index (χ0n) is 12.9. The highest BCUT2D eigenvalue weighted by atomic mass is 14.7. The van der Waals surface area contributed by atoms with Crippen LogP contribution in [0.25, 0.3) is 0 Å². The largest absolute Gasteiger partial charge is 0.327 e. The standard InChI is InChI=1S/C19H29N/c1-2-15-9-11-16(12-10-15)18(20)19(13-6-14-19)17-7-4-3-5-8-17/h3-5,7-8,15-16,18H,2,6,9-14,20H2,1H3. The summed E-state index contributed by atoms with van der Waals surface area (Å²) in [6.45, 7) is 2.34. The van der Waals surface area contributed by atoms with Gasteiger partial charge in [-0.25, -0.2) is 0 Å². The summed E-state index contributed by atoms with van der Waals surface area (Å²) in [5.41, 5.74) is 8.60. The number of benzene rings is 1. The molecule has 0 aliphatic heterocycles. The van der Waals surface area contributed by atoms with Crippen molar-refractivity contribution in [1.29, 1.82) is 0 Å². The minimum absolute atomic E-state index is 0.297. The van der Waals surface area contributed by atoms with Crippen LogP contribution in [0.15, 0.2) is 30.3 Å². The summed E-state index contributed by atoms with van der Waals surface area (Å²) in [6, 6.07) is 11.4. The summed E-state index contributed by atoms with van der Waals surface area (Å²) in [4.78, 5) is 0. The van der Waals surface area contributed by atoms with Crippen LogP contribution in [-0.4, -0.2) is 6.04 Å². The fraction of sp³-hybridized carbons (Fsp3) is 0.684. The number of hydrogen-bond acceptors (Lipinski definition) is 1. The maximum atomic E-state index is 6.81. The molecule has 1 aromatic rings. The molecule has 1 heteroatoms.